The van der Waals surface area contributed by atoms with Crippen LogP contribution in [0.1, 0.15) is 62.8 Å². The summed E-state index contributed by atoms with van der Waals surface area (Å²) < 4.78 is 41.0. The van der Waals surface area contributed by atoms with Gasteiger partial charge in [-0.3, -0.25) is 9.59 Å². The number of pyridine rings is 1. The van der Waals surface area contributed by atoms with Gasteiger partial charge >= 0.3 is 6.18 Å². The first-order valence-corrected chi connectivity index (χ1v) is 11.7. The topological polar surface area (TPSA) is 102 Å². The first kappa shape index (κ1) is 24.1. The Labute approximate surface area is 201 Å². The molecule has 0 radical (unpaired) electrons. The van der Waals surface area contributed by atoms with Gasteiger partial charge in [0.1, 0.15) is 16.4 Å². The molecule has 3 aromatic rings. The second-order valence-electron chi connectivity index (χ2n) is 7.84. The summed E-state index contributed by atoms with van der Waals surface area (Å²) in [7, 11) is 0. The number of anilines is 2. The summed E-state index contributed by atoms with van der Waals surface area (Å²) >= 11 is 6.63. The van der Waals surface area contributed by atoms with E-state index >= 15 is 0 Å². The Bertz CT molecular complexity index is 1230. The van der Waals surface area contributed by atoms with Crippen molar-refractivity contribution in [3.63, 3.8) is 0 Å². The highest BCUT2D eigenvalue weighted by molar-refractivity contribution is 7.13. The smallest absolute Gasteiger partial charge is 0.356 e. The summed E-state index contributed by atoms with van der Waals surface area (Å²) in [5.74, 6) is -0.603. The Morgan fingerprint density at radius 1 is 1.24 bits per heavy atom. The van der Waals surface area contributed by atoms with Crippen LogP contribution in [0, 0.1) is 0 Å². The molecule has 8 nitrogen and oxygen atoms in total. The second kappa shape index (κ2) is 9.71. The SMILES string of the molecule is C[C@@H](CC(=O)c1cnc2n1CCCCN2)c1ncc(C(=O)Nc2cc(C(F)(F)F)c(Cl)cn2)s1. The number of thiazole rings is 1. The van der Waals surface area contributed by atoms with Crippen LogP contribution in [0.15, 0.2) is 24.7 Å². The Morgan fingerprint density at radius 3 is 2.79 bits per heavy atom. The fraction of sp³-hybridized carbons (Fsp3) is 0.381. The molecule has 0 aliphatic carbocycles. The molecule has 0 bridgehead atoms. The van der Waals surface area contributed by atoms with Crippen LogP contribution in [0.3, 0.4) is 0 Å². The van der Waals surface area contributed by atoms with E-state index in [0.29, 0.717) is 29.3 Å². The number of aromatic nitrogens is 4. The van der Waals surface area contributed by atoms with Crippen LogP contribution in [0.2, 0.25) is 5.02 Å². The maximum absolute atomic E-state index is 13.0. The van der Waals surface area contributed by atoms with Crippen LogP contribution in [0.5, 0.6) is 0 Å². The van der Waals surface area contributed by atoms with Crippen LogP contribution in [0.4, 0.5) is 24.9 Å². The summed E-state index contributed by atoms with van der Waals surface area (Å²) in [6.07, 6.45) is 1.17. The predicted molar refractivity (Wildman–Crippen MR) is 122 cm³/mol. The molecule has 1 aliphatic rings. The predicted octanol–water partition coefficient (Wildman–Crippen LogP) is 5.24. The Morgan fingerprint density at radius 2 is 2.03 bits per heavy atom. The Kier molecular flexibility index (Phi) is 6.89. The normalized spacial score (nSPS) is 14.6. The average molecular weight is 513 g/mol. The van der Waals surface area contributed by atoms with Gasteiger partial charge in [0.25, 0.3) is 5.91 Å². The van der Waals surface area contributed by atoms with Crippen molar-refractivity contribution in [2.24, 2.45) is 0 Å². The van der Waals surface area contributed by atoms with E-state index in [1.54, 1.807) is 6.20 Å². The molecular weight excluding hydrogens is 493 g/mol. The fourth-order valence-electron chi connectivity index (χ4n) is 3.55. The van der Waals surface area contributed by atoms with Gasteiger partial charge in [-0.25, -0.2) is 15.0 Å². The van der Waals surface area contributed by atoms with Crippen LogP contribution >= 0.6 is 22.9 Å². The highest BCUT2D eigenvalue weighted by Crippen LogP contribution is 2.35. The van der Waals surface area contributed by atoms with Crippen molar-refractivity contribution >= 4 is 46.4 Å². The minimum atomic E-state index is -4.68. The van der Waals surface area contributed by atoms with E-state index in [-0.39, 0.29) is 28.8 Å². The van der Waals surface area contributed by atoms with Gasteiger partial charge in [-0.2, -0.15) is 13.2 Å². The number of ketones is 1. The molecule has 1 atom stereocenters. The summed E-state index contributed by atoms with van der Waals surface area (Å²) in [6.45, 7) is 3.36. The molecule has 4 rings (SSSR count). The number of carbonyl (C=O) groups excluding carboxylic acids is 2. The van der Waals surface area contributed by atoms with E-state index in [4.69, 9.17) is 11.6 Å². The van der Waals surface area contributed by atoms with Gasteiger partial charge in [0.2, 0.25) is 5.95 Å². The highest BCUT2D eigenvalue weighted by Gasteiger charge is 2.34. The van der Waals surface area contributed by atoms with Crippen LogP contribution < -0.4 is 10.6 Å². The molecule has 180 valence electrons. The molecule has 3 aromatic heterocycles. The first-order valence-electron chi connectivity index (χ1n) is 10.5. The van der Waals surface area contributed by atoms with Crippen LogP contribution in [0.25, 0.3) is 0 Å². The van der Waals surface area contributed by atoms with E-state index in [9.17, 15) is 22.8 Å². The van der Waals surface area contributed by atoms with Crippen molar-refractivity contribution in [3.8, 4) is 0 Å². The number of alkyl halides is 3. The van der Waals surface area contributed by atoms with Crippen LogP contribution in [-0.2, 0) is 12.7 Å². The molecule has 1 amide bonds. The molecule has 13 heteroatoms. The fourth-order valence-corrected chi connectivity index (χ4v) is 4.63. The molecule has 4 heterocycles. The minimum absolute atomic E-state index is 0.0822. The summed E-state index contributed by atoms with van der Waals surface area (Å²) in [4.78, 5) is 37.9. The maximum atomic E-state index is 13.0. The number of Topliss-reactive ketones (excluding diaryl/α,β-unsaturated/α-hetero) is 1. The minimum Gasteiger partial charge on any atom is -0.356 e. The summed E-state index contributed by atoms with van der Waals surface area (Å²) in [5.41, 5.74) is -0.565. The number of rotatable bonds is 6. The van der Waals surface area contributed by atoms with Gasteiger partial charge in [0.05, 0.1) is 28.0 Å². The summed E-state index contributed by atoms with van der Waals surface area (Å²) in [6, 6.07) is 0.673. The number of imidazole rings is 1. The number of nitrogens with one attached hydrogen (secondary N) is 2. The van der Waals surface area contributed by atoms with Gasteiger partial charge in [0.15, 0.2) is 5.78 Å². The zero-order valence-corrected chi connectivity index (χ0v) is 19.5. The third kappa shape index (κ3) is 5.22. The third-order valence-electron chi connectivity index (χ3n) is 5.30. The third-order valence-corrected chi connectivity index (χ3v) is 6.82. The van der Waals surface area contributed by atoms with E-state index < -0.39 is 22.7 Å². The van der Waals surface area contributed by atoms with Crippen molar-refractivity contribution < 1.29 is 22.8 Å². The standard InChI is InChI=1S/C21H20ClF3N6O2S/c1-11(6-15(32)14-9-29-20-26-4-2-3-5-31(14)20)19-28-10-16(34-19)18(33)30-17-7-12(21(23,24)25)13(22)8-27-17/h7-11H,2-6H2,1H3,(H,26,29)(H,27,30,33)/t11-/m0/s1. The van der Waals surface area contributed by atoms with Crippen molar-refractivity contribution in [3.05, 3.63) is 50.8 Å². The quantitative estimate of drug-likeness (QED) is 0.438. The van der Waals surface area contributed by atoms with Crippen molar-refractivity contribution in [1.82, 2.24) is 19.5 Å². The van der Waals surface area contributed by atoms with Gasteiger partial charge < -0.3 is 15.2 Å². The van der Waals surface area contributed by atoms with Crippen molar-refractivity contribution in [2.45, 2.75) is 44.8 Å². The lowest BCUT2D eigenvalue weighted by Gasteiger charge is -2.11. The molecule has 0 unspecified atom stereocenters. The number of fused-ring (bicyclic) bond motifs is 1. The highest BCUT2D eigenvalue weighted by atomic mass is 35.5. The number of amides is 1. The average Bonchev–Trinajstić information content (AvgIpc) is 3.36. The van der Waals surface area contributed by atoms with Gasteiger partial charge in [-0.05, 0) is 18.9 Å². The molecule has 34 heavy (non-hydrogen) atoms. The van der Waals surface area contributed by atoms with E-state index in [0.717, 1.165) is 36.9 Å². The number of carbonyl (C=O) groups is 2. The largest absolute Gasteiger partial charge is 0.418 e. The molecule has 2 N–H and O–H groups in total. The molecule has 0 aromatic carbocycles. The number of hydrogen-bond acceptors (Lipinski definition) is 7. The monoisotopic (exact) mass is 512 g/mol. The first-order chi connectivity index (χ1) is 16.1. The van der Waals surface area contributed by atoms with Gasteiger partial charge in [-0.15, -0.1) is 11.3 Å². The van der Waals surface area contributed by atoms with Crippen molar-refractivity contribution in [1.29, 1.82) is 0 Å². The number of halogens is 4. The zero-order valence-electron chi connectivity index (χ0n) is 17.9. The Balaban J connectivity index is 1.42. The van der Waals surface area contributed by atoms with E-state index in [2.05, 4.69) is 25.6 Å². The molecule has 0 spiro atoms. The van der Waals surface area contributed by atoms with E-state index in [1.165, 1.54) is 6.20 Å². The van der Waals surface area contributed by atoms with Crippen molar-refractivity contribution in [2.75, 3.05) is 17.2 Å². The second-order valence-corrected chi connectivity index (χ2v) is 9.31. The molecule has 0 saturated carbocycles. The molecule has 1 aliphatic heterocycles. The summed E-state index contributed by atoms with van der Waals surface area (Å²) in [5, 5.41) is 5.54. The van der Waals surface area contributed by atoms with E-state index in [1.807, 2.05) is 11.5 Å². The molecule has 0 saturated heterocycles. The van der Waals surface area contributed by atoms with Crippen LogP contribution in [-0.4, -0.2) is 37.8 Å². The van der Waals surface area contributed by atoms with Gasteiger partial charge in [-0.1, -0.05) is 18.5 Å². The maximum Gasteiger partial charge on any atom is 0.418 e. The number of nitrogens with zero attached hydrogens (tertiary/aromatic N) is 4. The van der Waals surface area contributed by atoms with Gasteiger partial charge in [0, 0.05) is 31.6 Å². The molecule has 0 fully saturated rings. The lowest BCUT2D eigenvalue weighted by atomic mass is 10.0. The number of hydrogen-bond donors (Lipinski definition) is 2. The Hall–Kier alpha value is -2.99. The lowest BCUT2D eigenvalue weighted by Crippen LogP contribution is -2.13. The zero-order chi connectivity index (χ0) is 24.5. The molecular formula is C21H20ClF3N6O2S. The lowest BCUT2D eigenvalue weighted by molar-refractivity contribution is -0.137.